The number of amides is 2. The molecule has 0 radical (unpaired) electrons. The van der Waals surface area contributed by atoms with Crippen LogP contribution in [0.5, 0.6) is 0 Å². The zero-order chi connectivity index (χ0) is 21.3. The van der Waals surface area contributed by atoms with Gasteiger partial charge in [-0.25, -0.2) is 9.59 Å². The summed E-state index contributed by atoms with van der Waals surface area (Å²) in [5.74, 6) is -0.822. The molecule has 0 aromatic carbocycles. The lowest BCUT2D eigenvalue weighted by atomic mass is 9.78. The van der Waals surface area contributed by atoms with Crippen LogP contribution in [0.25, 0.3) is 0 Å². The molecule has 1 unspecified atom stereocenters. The summed E-state index contributed by atoms with van der Waals surface area (Å²) >= 11 is 0. The van der Waals surface area contributed by atoms with Crippen molar-refractivity contribution in [1.82, 2.24) is 10.2 Å². The molecular formula is C20H34N2O6. The molecule has 160 valence electrons. The van der Waals surface area contributed by atoms with Crippen molar-refractivity contribution in [3.8, 4) is 0 Å². The van der Waals surface area contributed by atoms with Crippen LogP contribution in [0.4, 0.5) is 4.79 Å². The number of alkyl carbamates (subject to hydrolysis) is 1. The minimum atomic E-state index is -0.984. The third-order valence-corrected chi connectivity index (χ3v) is 5.75. The lowest BCUT2D eigenvalue weighted by Crippen LogP contribution is -2.58. The molecule has 8 nitrogen and oxygen atoms in total. The van der Waals surface area contributed by atoms with Gasteiger partial charge in [0.05, 0.1) is 12.7 Å². The van der Waals surface area contributed by atoms with Crippen LogP contribution in [0.3, 0.4) is 0 Å². The number of nitrogens with zero attached hydrogens (tertiary/aromatic N) is 1. The number of rotatable bonds is 3. The maximum atomic E-state index is 13.3. The van der Waals surface area contributed by atoms with Gasteiger partial charge in [-0.3, -0.25) is 4.79 Å². The number of hydrogen-bond acceptors (Lipinski definition) is 6. The van der Waals surface area contributed by atoms with E-state index >= 15 is 0 Å². The average Bonchev–Trinajstić information content (AvgIpc) is 2.97. The van der Waals surface area contributed by atoms with Gasteiger partial charge in [0.25, 0.3) is 0 Å². The van der Waals surface area contributed by atoms with Crippen molar-refractivity contribution >= 4 is 18.0 Å². The van der Waals surface area contributed by atoms with E-state index in [0.29, 0.717) is 25.7 Å². The predicted molar refractivity (Wildman–Crippen MR) is 102 cm³/mol. The first kappa shape index (κ1) is 22.5. The maximum Gasteiger partial charge on any atom is 0.408 e. The average molecular weight is 399 g/mol. The molecule has 2 aliphatic rings. The number of methoxy groups -OCH3 is 1. The van der Waals surface area contributed by atoms with E-state index in [4.69, 9.17) is 9.47 Å². The number of nitrogens with one attached hydrogen (secondary N) is 1. The smallest absolute Gasteiger partial charge is 0.408 e. The van der Waals surface area contributed by atoms with Crippen LogP contribution in [0.1, 0.15) is 66.7 Å². The Bertz CT molecular complexity index is 614. The number of carbonyl (C=O) groups is 3. The molecule has 28 heavy (non-hydrogen) atoms. The maximum absolute atomic E-state index is 13.3. The van der Waals surface area contributed by atoms with Gasteiger partial charge in [0, 0.05) is 6.04 Å². The highest BCUT2D eigenvalue weighted by molar-refractivity contribution is 5.90. The van der Waals surface area contributed by atoms with Gasteiger partial charge in [0.15, 0.2) is 0 Å². The molecule has 2 fully saturated rings. The summed E-state index contributed by atoms with van der Waals surface area (Å²) in [5.41, 5.74) is -1.68. The summed E-state index contributed by atoms with van der Waals surface area (Å²) in [5, 5.41) is 13.9. The monoisotopic (exact) mass is 398 g/mol. The molecule has 0 aromatic rings. The molecule has 4 atom stereocenters. The van der Waals surface area contributed by atoms with Crippen LogP contribution < -0.4 is 5.32 Å². The zero-order valence-corrected chi connectivity index (χ0v) is 17.8. The molecular weight excluding hydrogens is 364 g/mol. The highest BCUT2D eigenvalue weighted by Gasteiger charge is 2.49. The normalized spacial score (nSPS) is 31.1. The number of hydrogen-bond donors (Lipinski definition) is 2. The first-order valence-electron chi connectivity index (χ1n) is 10.00. The van der Waals surface area contributed by atoms with Gasteiger partial charge in [-0.05, 0) is 58.8 Å². The van der Waals surface area contributed by atoms with Gasteiger partial charge in [-0.1, -0.05) is 13.8 Å². The number of aliphatic hydroxyl groups is 1. The Morgan fingerprint density at radius 3 is 2.43 bits per heavy atom. The number of ether oxygens (including phenoxy) is 2. The summed E-state index contributed by atoms with van der Waals surface area (Å²) in [4.78, 5) is 39.3. The van der Waals surface area contributed by atoms with E-state index in [1.165, 1.54) is 12.0 Å². The van der Waals surface area contributed by atoms with E-state index < -0.39 is 35.3 Å². The van der Waals surface area contributed by atoms with Crippen LogP contribution in [-0.2, 0) is 19.1 Å². The summed E-state index contributed by atoms with van der Waals surface area (Å²) < 4.78 is 10.2. The second-order valence-electron chi connectivity index (χ2n) is 9.22. The van der Waals surface area contributed by atoms with E-state index in [2.05, 4.69) is 5.32 Å². The number of carbonyl (C=O) groups excluding carboxylic acids is 3. The SMILES string of the molecule is COC(=O)[C@@H]1CC[C@@H]2CC(O)(C(C)C)CC[C@H](NC(=O)OC(C)(C)C)C(=O)N21. The Morgan fingerprint density at radius 2 is 1.89 bits per heavy atom. The molecule has 0 aliphatic carbocycles. The summed E-state index contributed by atoms with van der Waals surface area (Å²) in [6, 6.07) is -1.83. The summed E-state index contributed by atoms with van der Waals surface area (Å²) in [6.45, 7) is 9.11. The van der Waals surface area contributed by atoms with Crippen molar-refractivity contribution in [3.63, 3.8) is 0 Å². The Morgan fingerprint density at radius 1 is 1.25 bits per heavy atom. The topological polar surface area (TPSA) is 105 Å². The van der Waals surface area contributed by atoms with E-state index in [-0.39, 0.29) is 24.3 Å². The van der Waals surface area contributed by atoms with E-state index in [1.54, 1.807) is 20.8 Å². The predicted octanol–water partition coefficient (Wildman–Crippen LogP) is 1.98. The van der Waals surface area contributed by atoms with Gasteiger partial charge >= 0.3 is 12.1 Å². The first-order chi connectivity index (χ1) is 12.9. The van der Waals surface area contributed by atoms with Crippen LogP contribution in [-0.4, -0.2) is 64.4 Å². The van der Waals surface area contributed by atoms with Crippen molar-refractivity contribution in [2.75, 3.05) is 7.11 Å². The highest BCUT2D eigenvalue weighted by atomic mass is 16.6. The standard InChI is InChI=1S/C20H34N2O6/c1-12(2)20(26)10-9-14(21-18(25)28-19(3,4)5)16(23)22-13(11-20)7-8-15(22)17(24)27-6/h12-15,26H,7-11H2,1-6H3,(H,21,25)/t13-,14+,15+,20?/m1/s1. The van der Waals surface area contributed by atoms with Crippen LogP contribution >= 0.6 is 0 Å². The lowest BCUT2D eigenvalue weighted by molar-refractivity contribution is -0.155. The Kier molecular flexibility index (Phi) is 6.63. The Hall–Kier alpha value is -1.83. The highest BCUT2D eigenvalue weighted by Crippen LogP contribution is 2.38. The number of fused-ring (bicyclic) bond motifs is 1. The van der Waals surface area contributed by atoms with Gasteiger partial charge in [0.2, 0.25) is 5.91 Å². The molecule has 2 saturated heterocycles. The second-order valence-corrected chi connectivity index (χ2v) is 9.22. The molecule has 2 N–H and O–H groups in total. The van der Waals surface area contributed by atoms with Crippen molar-refractivity contribution < 1.29 is 29.0 Å². The zero-order valence-electron chi connectivity index (χ0n) is 17.8. The minimum Gasteiger partial charge on any atom is -0.467 e. The Balaban J connectivity index is 2.31. The molecule has 2 rings (SSSR count). The molecule has 2 amide bonds. The van der Waals surface area contributed by atoms with E-state index in [0.717, 1.165) is 0 Å². The molecule has 0 aromatic heterocycles. The fourth-order valence-electron chi connectivity index (χ4n) is 4.10. The molecule has 0 bridgehead atoms. The quantitative estimate of drug-likeness (QED) is 0.705. The van der Waals surface area contributed by atoms with Gasteiger partial charge in [-0.15, -0.1) is 0 Å². The van der Waals surface area contributed by atoms with Crippen LogP contribution in [0.2, 0.25) is 0 Å². The largest absolute Gasteiger partial charge is 0.467 e. The fourth-order valence-corrected chi connectivity index (χ4v) is 4.10. The Labute approximate surface area is 166 Å². The van der Waals surface area contributed by atoms with E-state index in [1.807, 2.05) is 13.8 Å². The van der Waals surface area contributed by atoms with Gasteiger partial charge in [0.1, 0.15) is 17.7 Å². The van der Waals surface area contributed by atoms with Crippen LogP contribution in [0.15, 0.2) is 0 Å². The third kappa shape index (κ3) is 4.96. The second kappa shape index (κ2) is 8.27. The van der Waals surface area contributed by atoms with Crippen molar-refractivity contribution in [2.24, 2.45) is 5.92 Å². The van der Waals surface area contributed by atoms with Crippen LogP contribution in [0, 0.1) is 5.92 Å². The van der Waals surface area contributed by atoms with Crippen molar-refractivity contribution in [1.29, 1.82) is 0 Å². The third-order valence-electron chi connectivity index (χ3n) is 5.75. The molecule has 2 heterocycles. The molecule has 0 saturated carbocycles. The van der Waals surface area contributed by atoms with Gasteiger partial charge < -0.3 is 24.8 Å². The molecule has 8 heteroatoms. The van der Waals surface area contributed by atoms with Crippen molar-refractivity contribution in [3.05, 3.63) is 0 Å². The fraction of sp³-hybridized carbons (Fsp3) is 0.850. The van der Waals surface area contributed by atoms with Gasteiger partial charge in [-0.2, -0.15) is 0 Å². The lowest BCUT2D eigenvalue weighted by Gasteiger charge is -2.42. The summed E-state index contributed by atoms with van der Waals surface area (Å²) in [7, 11) is 1.30. The minimum absolute atomic E-state index is 0.0260. The molecule has 2 aliphatic heterocycles. The first-order valence-corrected chi connectivity index (χ1v) is 10.00. The van der Waals surface area contributed by atoms with Crippen molar-refractivity contribution in [2.45, 2.75) is 96.1 Å². The molecule has 0 spiro atoms. The number of esters is 1. The van der Waals surface area contributed by atoms with E-state index in [9.17, 15) is 19.5 Å². The summed E-state index contributed by atoms with van der Waals surface area (Å²) in [6.07, 6.45) is 1.46.